The third-order valence-electron chi connectivity index (χ3n) is 5.35. The van der Waals surface area contributed by atoms with Gasteiger partial charge in [0.25, 0.3) is 5.91 Å². The summed E-state index contributed by atoms with van der Waals surface area (Å²) < 4.78 is 0. The van der Waals surface area contributed by atoms with Crippen molar-refractivity contribution < 1.29 is 9.90 Å². The van der Waals surface area contributed by atoms with Gasteiger partial charge in [0.2, 0.25) is 0 Å². The minimum atomic E-state index is 0.0195. The quantitative estimate of drug-likeness (QED) is 0.846. The number of likely N-dealkylation sites (N-methyl/N-ethyl adjacent to an activating group) is 1. The van der Waals surface area contributed by atoms with Gasteiger partial charge in [-0.1, -0.05) is 43.2 Å². The van der Waals surface area contributed by atoms with E-state index >= 15 is 0 Å². The predicted octanol–water partition coefficient (Wildman–Crippen LogP) is 3.79. The molecular weight excluding hydrogens is 336 g/mol. The molecule has 1 saturated heterocycles. The highest BCUT2D eigenvalue weighted by Gasteiger charge is 2.15. The summed E-state index contributed by atoms with van der Waals surface area (Å²) in [6.45, 7) is 4.02. The SMILES string of the molecule is CN(CCN1CCCCCC1)C(=O)c1cccc(-c2cccc(CO)c2)c1. The number of rotatable bonds is 6. The van der Waals surface area contributed by atoms with Gasteiger partial charge in [0.05, 0.1) is 6.61 Å². The average Bonchev–Trinajstić information content (AvgIpc) is 3.00. The van der Waals surface area contributed by atoms with Crippen LogP contribution in [0.4, 0.5) is 0 Å². The molecule has 0 spiro atoms. The first-order chi connectivity index (χ1) is 13.2. The lowest BCUT2D eigenvalue weighted by Gasteiger charge is -2.24. The van der Waals surface area contributed by atoms with Gasteiger partial charge in [0.15, 0.2) is 0 Å². The summed E-state index contributed by atoms with van der Waals surface area (Å²) in [6, 6.07) is 15.6. The van der Waals surface area contributed by atoms with E-state index in [1.54, 1.807) is 0 Å². The van der Waals surface area contributed by atoms with Crippen molar-refractivity contribution in [3.05, 3.63) is 59.7 Å². The Bertz CT molecular complexity index is 752. The number of hydrogen-bond acceptors (Lipinski definition) is 3. The highest BCUT2D eigenvalue weighted by molar-refractivity contribution is 5.95. The Labute approximate surface area is 162 Å². The molecule has 144 valence electrons. The Hall–Kier alpha value is -2.17. The first-order valence-corrected chi connectivity index (χ1v) is 9.95. The van der Waals surface area contributed by atoms with E-state index in [0.29, 0.717) is 5.56 Å². The molecule has 1 N–H and O–H groups in total. The Morgan fingerprint density at radius 3 is 2.37 bits per heavy atom. The first kappa shape index (κ1) is 19.6. The van der Waals surface area contributed by atoms with Crippen molar-refractivity contribution in [1.82, 2.24) is 9.80 Å². The molecule has 1 amide bonds. The molecule has 3 rings (SSSR count). The summed E-state index contributed by atoms with van der Waals surface area (Å²) in [5.74, 6) is 0.0602. The first-order valence-electron chi connectivity index (χ1n) is 9.95. The van der Waals surface area contributed by atoms with Crippen LogP contribution in [0, 0.1) is 0 Å². The van der Waals surface area contributed by atoms with Crippen LogP contribution >= 0.6 is 0 Å². The molecule has 2 aromatic rings. The van der Waals surface area contributed by atoms with Crippen molar-refractivity contribution in [2.75, 3.05) is 33.2 Å². The molecule has 0 aromatic heterocycles. The van der Waals surface area contributed by atoms with Gasteiger partial charge < -0.3 is 14.9 Å². The normalized spacial score (nSPS) is 15.3. The number of carbonyl (C=O) groups excluding carboxylic acids is 1. The van der Waals surface area contributed by atoms with Crippen LogP contribution in [0.3, 0.4) is 0 Å². The Morgan fingerprint density at radius 1 is 1.00 bits per heavy atom. The summed E-state index contributed by atoms with van der Waals surface area (Å²) in [7, 11) is 1.89. The van der Waals surface area contributed by atoms with Gasteiger partial charge in [-0.2, -0.15) is 0 Å². The van der Waals surface area contributed by atoms with Crippen LogP contribution in [0.5, 0.6) is 0 Å². The second kappa shape index (κ2) is 9.67. The van der Waals surface area contributed by atoms with Gasteiger partial charge in [0, 0.05) is 25.7 Å². The van der Waals surface area contributed by atoms with Crippen molar-refractivity contribution in [2.45, 2.75) is 32.3 Å². The number of aliphatic hydroxyl groups excluding tert-OH is 1. The maximum Gasteiger partial charge on any atom is 0.253 e. The van der Waals surface area contributed by atoms with Crippen LogP contribution in [0.25, 0.3) is 11.1 Å². The van der Waals surface area contributed by atoms with Gasteiger partial charge in [-0.3, -0.25) is 4.79 Å². The summed E-state index contributed by atoms with van der Waals surface area (Å²) in [5.41, 5.74) is 3.60. The smallest absolute Gasteiger partial charge is 0.253 e. The molecular formula is C23H30N2O2. The maximum absolute atomic E-state index is 12.9. The molecule has 0 saturated carbocycles. The highest BCUT2D eigenvalue weighted by atomic mass is 16.3. The third kappa shape index (κ3) is 5.41. The van der Waals surface area contributed by atoms with Gasteiger partial charge in [0.1, 0.15) is 0 Å². The van der Waals surface area contributed by atoms with Crippen molar-refractivity contribution in [3.8, 4) is 11.1 Å². The topological polar surface area (TPSA) is 43.8 Å². The van der Waals surface area contributed by atoms with Crippen molar-refractivity contribution in [2.24, 2.45) is 0 Å². The lowest BCUT2D eigenvalue weighted by atomic mass is 10.0. The standard InChI is InChI=1S/C23H30N2O2/c1-24(14-15-25-12-4-2-3-5-13-25)23(27)22-11-7-10-21(17-22)20-9-6-8-19(16-20)18-26/h6-11,16-17,26H,2-5,12-15,18H2,1H3. The summed E-state index contributed by atoms with van der Waals surface area (Å²) >= 11 is 0. The molecule has 0 aliphatic carbocycles. The monoisotopic (exact) mass is 366 g/mol. The van der Waals surface area contributed by atoms with E-state index < -0.39 is 0 Å². The lowest BCUT2D eigenvalue weighted by molar-refractivity contribution is 0.0778. The number of aliphatic hydroxyl groups is 1. The van der Waals surface area contributed by atoms with Crippen LogP contribution in [0.1, 0.15) is 41.6 Å². The zero-order chi connectivity index (χ0) is 19.1. The molecule has 1 heterocycles. The number of amides is 1. The molecule has 1 fully saturated rings. The van der Waals surface area contributed by atoms with Crippen LogP contribution in [-0.2, 0) is 6.61 Å². The second-order valence-corrected chi connectivity index (χ2v) is 7.42. The van der Waals surface area contributed by atoms with Gasteiger partial charge in [-0.15, -0.1) is 0 Å². The molecule has 1 aliphatic rings. The molecule has 4 heteroatoms. The fraction of sp³-hybridized carbons (Fsp3) is 0.435. The van der Waals surface area contributed by atoms with E-state index in [1.165, 1.54) is 25.7 Å². The van der Waals surface area contributed by atoms with E-state index in [9.17, 15) is 9.90 Å². The molecule has 0 radical (unpaired) electrons. The molecule has 0 atom stereocenters. The van der Waals surface area contributed by atoms with Crippen LogP contribution in [0.15, 0.2) is 48.5 Å². The largest absolute Gasteiger partial charge is 0.392 e. The number of hydrogen-bond donors (Lipinski definition) is 1. The average molecular weight is 367 g/mol. The predicted molar refractivity (Wildman–Crippen MR) is 110 cm³/mol. The second-order valence-electron chi connectivity index (χ2n) is 7.42. The number of benzene rings is 2. The van der Waals surface area contributed by atoms with E-state index in [2.05, 4.69) is 4.90 Å². The Kier molecular flexibility index (Phi) is 7.02. The van der Waals surface area contributed by atoms with Gasteiger partial charge in [-0.05, 0) is 60.8 Å². The molecule has 27 heavy (non-hydrogen) atoms. The van der Waals surface area contributed by atoms with E-state index in [1.807, 2.05) is 60.5 Å². The zero-order valence-electron chi connectivity index (χ0n) is 16.2. The van der Waals surface area contributed by atoms with Crippen LogP contribution in [0.2, 0.25) is 0 Å². The van der Waals surface area contributed by atoms with E-state index in [-0.39, 0.29) is 12.5 Å². The zero-order valence-corrected chi connectivity index (χ0v) is 16.2. The van der Waals surface area contributed by atoms with Crippen molar-refractivity contribution in [3.63, 3.8) is 0 Å². The van der Waals surface area contributed by atoms with E-state index in [0.717, 1.165) is 42.9 Å². The molecule has 2 aromatic carbocycles. The fourth-order valence-corrected chi connectivity index (χ4v) is 3.65. The van der Waals surface area contributed by atoms with Crippen molar-refractivity contribution >= 4 is 5.91 Å². The van der Waals surface area contributed by atoms with Crippen molar-refractivity contribution in [1.29, 1.82) is 0 Å². The number of carbonyl (C=O) groups is 1. The summed E-state index contributed by atoms with van der Waals surface area (Å²) in [5, 5.41) is 9.34. The minimum Gasteiger partial charge on any atom is -0.392 e. The molecule has 4 nitrogen and oxygen atoms in total. The molecule has 1 aliphatic heterocycles. The lowest BCUT2D eigenvalue weighted by Crippen LogP contribution is -2.36. The number of nitrogens with zero attached hydrogens (tertiary/aromatic N) is 2. The van der Waals surface area contributed by atoms with Crippen LogP contribution in [-0.4, -0.2) is 54.0 Å². The summed E-state index contributed by atoms with van der Waals surface area (Å²) in [4.78, 5) is 17.2. The van der Waals surface area contributed by atoms with Gasteiger partial charge >= 0.3 is 0 Å². The Morgan fingerprint density at radius 2 is 1.67 bits per heavy atom. The van der Waals surface area contributed by atoms with E-state index in [4.69, 9.17) is 0 Å². The maximum atomic E-state index is 12.9. The summed E-state index contributed by atoms with van der Waals surface area (Å²) in [6.07, 6.45) is 5.20. The van der Waals surface area contributed by atoms with Gasteiger partial charge in [-0.25, -0.2) is 0 Å². The third-order valence-corrected chi connectivity index (χ3v) is 5.35. The highest BCUT2D eigenvalue weighted by Crippen LogP contribution is 2.22. The Balaban J connectivity index is 1.65. The number of likely N-dealkylation sites (tertiary alicyclic amines) is 1. The minimum absolute atomic E-state index is 0.0195. The van der Waals surface area contributed by atoms with Crippen LogP contribution < -0.4 is 0 Å². The molecule has 0 bridgehead atoms. The fourth-order valence-electron chi connectivity index (χ4n) is 3.65. The molecule has 0 unspecified atom stereocenters.